The van der Waals surface area contributed by atoms with Crippen molar-refractivity contribution in [1.29, 1.82) is 0 Å². The fraction of sp³-hybridized carbons (Fsp3) is 0.292. The number of carbonyl (C=O) groups is 1. The Bertz CT molecular complexity index is 871. The summed E-state index contributed by atoms with van der Waals surface area (Å²) in [5, 5.41) is 6.37. The number of benzene rings is 2. The molecule has 0 spiro atoms. The van der Waals surface area contributed by atoms with Crippen LogP contribution in [0.5, 0.6) is 5.75 Å². The zero-order valence-electron chi connectivity index (χ0n) is 16.6. The van der Waals surface area contributed by atoms with Crippen LogP contribution in [0.25, 0.3) is 12.2 Å². The van der Waals surface area contributed by atoms with Crippen molar-refractivity contribution >= 4 is 23.9 Å². The molecule has 146 valence electrons. The van der Waals surface area contributed by atoms with Gasteiger partial charge in [-0.05, 0) is 42.5 Å². The maximum atomic E-state index is 12.3. The van der Waals surface area contributed by atoms with E-state index >= 15 is 0 Å². The Morgan fingerprint density at radius 3 is 2.82 bits per heavy atom. The van der Waals surface area contributed by atoms with Gasteiger partial charge in [0.2, 0.25) is 0 Å². The molecule has 0 bridgehead atoms. The van der Waals surface area contributed by atoms with Gasteiger partial charge in [0.05, 0.1) is 0 Å². The number of anilines is 1. The third-order valence-corrected chi connectivity index (χ3v) is 4.79. The van der Waals surface area contributed by atoms with Crippen LogP contribution in [0.1, 0.15) is 43.4 Å². The van der Waals surface area contributed by atoms with Crippen LogP contribution in [-0.4, -0.2) is 18.7 Å². The predicted molar refractivity (Wildman–Crippen MR) is 117 cm³/mol. The van der Waals surface area contributed by atoms with Gasteiger partial charge in [0.1, 0.15) is 5.75 Å². The van der Waals surface area contributed by atoms with E-state index < -0.39 is 6.09 Å². The second kappa shape index (κ2) is 9.79. The third-order valence-electron chi connectivity index (χ3n) is 4.79. The summed E-state index contributed by atoms with van der Waals surface area (Å²) in [5.74, 6) is 0.588. The molecule has 0 saturated heterocycles. The van der Waals surface area contributed by atoms with Crippen molar-refractivity contribution in [3.8, 4) is 5.75 Å². The molecule has 4 heteroatoms. The Labute approximate surface area is 167 Å². The van der Waals surface area contributed by atoms with E-state index in [4.69, 9.17) is 4.74 Å². The first-order chi connectivity index (χ1) is 13.8. The normalized spacial score (nSPS) is 16.4. The first-order valence-corrected chi connectivity index (χ1v) is 10.1. The summed E-state index contributed by atoms with van der Waals surface area (Å²) in [6.45, 7) is 4.54. The number of nitrogens with one attached hydrogen (secondary N) is 2. The van der Waals surface area contributed by atoms with Gasteiger partial charge in [-0.25, -0.2) is 4.79 Å². The lowest BCUT2D eigenvalue weighted by Crippen LogP contribution is -2.39. The molecule has 1 aliphatic carbocycles. The van der Waals surface area contributed by atoms with Crippen molar-refractivity contribution < 1.29 is 9.53 Å². The number of allylic oxidation sites excluding steroid dienone is 2. The van der Waals surface area contributed by atoms with Gasteiger partial charge in [-0.1, -0.05) is 68.5 Å². The molecule has 1 amide bonds. The van der Waals surface area contributed by atoms with Crippen LogP contribution >= 0.6 is 0 Å². The Kier molecular flexibility index (Phi) is 6.90. The van der Waals surface area contributed by atoms with Gasteiger partial charge in [0, 0.05) is 23.8 Å². The molecule has 28 heavy (non-hydrogen) atoms. The zero-order valence-corrected chi connectivity index (χ0v) is 16.6. The predicted octanol–water partition coefficient (Wildman–Crippen LogP) is 5.66. The van der Waals surface area contributed by atoms with Crippen LogP contribution in [0.2, 0.25) is 0 Å². The van der Waals surface area contributed by atoms with Gasteiger partial charge in [0.15, 0.2) is 0 Å². The molecule has 4 nitrogen and oxygen atoms in total. The summed E-state index contributed by atoms with van der Waals surface area (Å²) in [4.78, 5) is 12.3. The standard InChI is InChI=1S/C22H22N2O2.C2H6/c25-22(23-15-18-14-13-17-8-4-5-11-20(17)24-18)26-21-12-6-9-16-7-2-1-3-10-19(16)21;1-2/h2-12,18,24H,1,13-15H2,(H,23,25);1-2H3. The number of hydrogen-bond donors (Lipinski definition) is 2. The Morgan fingerprint density at radius 2 is 1.93 bits per heavy atom. The highest BCUT2D eigenvalue weighted by Crippen LogP contribution is 2.27. The molecule has 1 heterocycles. The zero-order chi connectivity index (χ0) is 19.8. The number of rotatable bonds is 3. The third kappa shape index (κ3) is 4.83. The van der Waals surface area contributed by atoms with Gasteiger partial charge in [0.25, 0.3) is 0 Å². The van der Waals surface area contributed by atoms with E-state index in [0.717, 1.165) is 36.1 Å². The van der Waals surface area contributed by atoms with Crippen LogP contribution in [-0.2, 0) is 6.42 Å². The molecule has 1 atom stereocenters. The number of aryl methyl sites for hydroxylation is 1. The van der Waals surface area contributed by atoms with Crippen molar-refractivity contribution in [2.75, 3.05) is 11.9 Å². The molecule has 4 rings (SSSR count). The van der Waals surface area contributed by atoms with Gasteiger partial charge in [-0.2, -0.15) is 0 Å². The molecule has 0 saturated carbocycles. The van der Waals surface area contributed by atoms with Crippen LogP contribution in [0.4, 0.5) is 10.5 Å². The lowest BCUT2D eigenvalue weighted by Gasteiger charge is -2.27. The highest BCUT2D eigenvalue weighted by atomic mass is 16.6. The topological polar surface area (TPSA) is 50.4 Å². The number of hydrogen-bond acceptors (Lipinski definition) is 3. The summed E-state index contributed by atoms with van der Waals surface area (Å²) < 4.78 is 5.57. The second-order valence-electron chi connectivity index (χ2n) is 6.61. The van der Waals surface area contributed by atoms with Crippen molar-refractivity contribution in [3.05, 3.63) is 71.3 Å². The molecule has 2 aromatic rings. The fourth-order valence-corrected chi connectivity index (χ4v) is 3.43. The number of fused-ring (bicyclic) bond motifs is 2. The van der Waals surface area contributed by atoms with E-state index in [0.29, 0.717) is 12.3 Å². The fourth-order valence-electron chi connectivity index (χ4n) is 3.43. The first kappa shape index (κ1) is 19.7. The van der Waals surface area contributed by atoms with Crippen LogP contribution in [0, 0.1) is 0 Å². The Hall–Kier alpha value is -3.01. The molecule has 0 fully saturated rings. The quantitative estimate of drug-likeness (QED) is 0.727. The van der Waals surface area contributed by atoms with E-state index in [1.54, 1.807) is 0 Å². The average Bonchev–Trinajstić information content (AvgIpc) is 3.00. The molecule has 1 unspecified atom stereocenters. The van der Waals surface area contributed by atoms with Gasteiger partial charge in [-0.3, -0.25) is 0 Å². The first-order valence-electron chi connectivity index (χ1n) is 10.1. The monoisotopic (exact) mass is 376 g/mol. The van der Waals surface area contributed by atoms with Crippen molar-refractivity contribution in [1.82, 2.24) is 5.32 Å². The van der Waals surface area contributed by atoms with E-state index in [2.05, 4.69) is 47.1 Å². The minimum Gasteiger partial charge on any atom is -0.410 e. The summed E-state index contributed by atoms with van der Waals surface area (Å²) >= 11 is 0. The average molecular weight is 377 g/mol. The minimum absolute atomic E-state index is 0.216. The van der Waals surface area contributed by atoms with Crippen molar-refractivity contribution in [2.24, 2.45) is 0 Å². The number of para-hydroxylation sites is 1. The lowest BCUT2D eigenvalue weighted by atomic mass is 9.98. The molecule has 0 aromatic heterocycles. The summed E-state index contributed by atoms with van der Waals surface area (Å²) in [5.41, 5.74) is 4.50. The Morgan fingerprint density at radius 1 is 1.11 bits per heavy atom. The van der Waals surface area contributed by atoms with Crippen LogP contribution < -0.4 is 15.4 Å². The van der Waals surface area contributed by atoms with Crippen LogP contribution in [0.3, 0.4) is 0 Å². The molecule has 2 aromatic carbocycles. The summed E-state index contributed by atoms with van der Waals surface area (Å²) in [6, 6.07) is 14.3. The molecule has 2 aliphatic rings. The Balaban J connectivity index is 0.00000109. The van der Waals surface area contributed by atoms with E-state index in [-0.39, 0.29) is 6.04 Å². The molecule has 1 aliphatic heterocycles. The number of carbonyl (C=O) groups excluding carboxylic acids is 1. The number of amides is 1. The van der Waals surface area contributed by atoms with Gasteiger partial charge < -0.3 is 15.4 Å². The van der Waals surface area contributed by atoms with Gasteiger partial charge in [-0.15, -0.1) is 0 Å². The summed E-state index contributed by atoms with van der Waals surface area (Å²) in [7, 11) is 0. The molecular weight excluding hydrogens is 348 g/mol. The highest BCUT2D eigenvalue weighted by molar-refractivity contribution is 5.77. The number of ether oxygens (including phenoxy) is 1. The molecular formula is C24H28N2O2. The van der Waals surface area contributed by atoms with Gasteiger partial charge >= 0.3 is 6.09 Å². The minimum atomic E-state index is -0.416. The van der Waals surface area contributed by atoms with Crippen LogP contribution in [0.15, 0.2) is 54.6 Å². The largest absolute Gasteiger partial charge is 0.412 e. The van der Waals surface area contributed by atoms with E-state index in [9.17, 15) is 4.79 Å². The van der Waals surface area contributed by atoms with E-state index in [1.165, 1.54) is 5.56 Å². The summed E-state index contributed by atoms with van der Waals surface area (Å²) in [6.07, 6.45) is 10.7. The maximum Gasteiger partial charge on any atom is 0.412 e. The van der Waals surface area contributed by atoms with Crippen molar-refractivity contribution in [3.63, 3.8) is 0 Å². The SMILES string of the molecule is CC.O=C(NCC1CCc2ccccc2N1)Oc1cccc2c1C=CCC=C2. The molecule has 2 N–H and O–H groups in total. The van der Waals surface area contributed by atoms with Crippen molar-refractivity contribution in [2.45, 2.75) is 39.2 Å². The van der Waals surface area contributed by atoms with E-state index in [1.807, 2.05) is 44.2 Å². The smallest absolute Gasteiger partial charge is 0.410 e. The second-order valence-corrected chi connectivity index (χ2v) is 6.61. The lowest BCUT2D eigenvalue weighted by molar-refractivity contribution is 0.199. The highest BCUT2D eigenvalue weighted by Gasteiger charge is 2.18. The molecule has 0 radical (unpaired) electrons. The maximum absolute atomic E-state index is 12.3.